The lowest BCUT2D eigenvalue weighted by molar-refractivity contribution is 0.419. The van der Waals surface area contributed by atoms with Crippen molar-refractivity contribution in [2.45, 2.75) is 46.0 Å². The standard InChI is InChI=1S/C9H18.H2S/c1-8(2)7-9-5-3-4-6-9;/h8-9H,3-7H2,1-2H3;1H2. The van der Waals surface area contributed by atoms with Crippen molar-refractivity contribution in [2.75, 3.05) is 0 Å². The second-order valence-electron chi connectivity index (χ2n) is 3.78. The predicted molar refractivity (Wildman–Crippen MR) is 51.8 cm³/mol. The molecule has 1 aliphatic rings. The average Bonchev–Trinajstić information content (AvgIpc) is 2.15. The maximum Gasteiger partial charge on any atom is -0.0412 e. The lowest BCUT2D eigenvalue weighted by Gasteiger charge is -2.10. The third-order valence-electron chi connectivity index (χ3n) is 2.28. The zero-order valence-corrected chi connectivity index (χ0v) is 8.19. The second kappa shape index (κ2) is 5.06. The van der Waals surface area contributed by atoms with E-state index in [1.807, 2.05) is 0 Å². The van der Waals surface area contributed by atoms with E-state index in [0.717, 1.165) is 11.8 Å². The van der Waals surface area contributed by atoms with Gasteiger partial charge in [0.2, 0.25) is 0 Å². The molecule has 0 aliphatic heterocycles. The smallest absolute Gasteiger partial charge is 0.0412 e. The maximum atomic E-state index is 2.33. The molecule has 0 aromatic heterocycles. The van der Waals surface area contributed by atoms with Gasteiger partial charge in [-0.15, -0.1) is 0 Å². The van der Waals surface area contributed by atoms with Gasteiger partial charge in [0.1, 0.15) is 0 Å². The predicted octanol–water partition coefficient (Wildman–Crippen LogP) is 3.34. The highest BCUT2D eigenvalue weighted by atomic mass is 32.1. The van der Waals surface area contributed by atoms with E-state index in [1.165, 1.54) is 32.1 Å². The largest absolute Gasteiger partial charge is 0.197 e. The summed E-state index contributed by atoms with van der Waals surface area (Å²) in [5.41, 5.74) is 0. The first-order chi connectivity index (χ1) is 4.29. The van der Waals surface area contributed by atoms with Crippen LogP contribution in [0.4, 0.5) is 0 Å². The summed E-state index contributed by atoms with van der Waals surface area (Å²) in [6, 6.07) is 0. The lowest BCUT2D eigenvalue weighted by Crippen LogP contribution is -1.98. The maximum absolute atomic E-state index is 2.33. The molecule has 0 atom stereocenters. The van der Waals surface area contributed by atoms with Gasteiger partial charge in [-0.05, 0) is 18.3 Å². The van der Waals surface area contributed by atoms with Gasteiger partial charge in [-0.1, -0.05) is 39.5 Å². The molecule has 0 bridgehead atoms. The average molecular weight is 160 g/mol. The van der Waals surface area contributed by atoms with Gasteiger partial charge in [-0.3, -0.25) is 0 Å². The summed E-state index contributed by atoms with van der Waals surface area (Å²) in [5, 5.41) is 0. The Labute approximate surface area is 71.8 Å². The molecule has 1 saturated carbocycles. The first-order valence-corrected chi connectivity index (χ1v) is 4.29. The third kappa shape index (κ3) is 3.50. The van der Waals surface area contributed by atoms with Gasteiger partial charge in [-0.25, -0.2) is 0 Å². The van der Waals surface area contributed by atoms with Crippen LogP contribution >= 0.6 is 13.5 Å². The highest BCUT2D eigenvalue weighted by Crippen LogP contribution is 2.29. The van der Waals surface area contributed by atoms with Crippen molar-refractivity contribution >= 4 is 13.5 Å². The fourth-order valence-electron chi connectivity index (χ4n) is 1.91. The Hall–Kier alpha value is 0.350. The van der Waals surface area contributed by atoms with Gasteiger partial charge in [0, 0.05) is 0 Å². The molecule has 0 heterocycles. The first kappa shape index (κ1) is 10.3. The van der Waals surface area contributed by atoms with Gasteiger partial charge >= 0.3 is 0 Å². The quantitative estimate of drug-likeness (QED) is 0.581. The van der Waals surface area contributed by atoms with E-state index in [0.29, 0.717) is 0 Å². The Kier molecular flexibility index (Phi) is 5.24. The van der Waals surface area contributed by atoms with Gasteiger partial charge < -0.3 is 0 Å². The van der Waals surface area contributed by atoms with E-state index in [4.69, 9.17) is 0 Å². The molecule has 0 radical (unpaired) electrons. The SMILES string of the molecule is CC(C)CC1CCCC1.S. The summed E-state index contributed by atoms with van der Waals surface area (Å²) >= 11 is 0. The molecule has 0 amide bonds. The fraction of sp³-hybridized carbons (Fsp3) is 1.00. The lowest BCUT2D eigenvalue weighted by atomic mass is 9.96. The molecule has 1 fully saturated rings. The molecule has 1 heteroatoms. The van der Waals surface area contributed by atoms with Crippen LogP contribution in [0.5, 0.6) is 0 Å². The van der Waals surface area contributed by atoms with Crippen LogP contribution in [0.2, 0.25) is 0 Å². The molecule has 1 aliphatic carbocycles. The van der Waals surface area contributed by atoms with Crippen LogP contribution in [0.25, 0.3) is 0 Å². The van der Waals surface area contributed by atoms with Gasteiger partial charge in [0.25, 0.3) is 0 Å². The molecule has 10 heavy (non-hydrogen) atoms. The minimum atomic E-state index is 0. The minimum absolute atomic E-state index is 0. The molecule has 0 unspecified atom stereocenters. The van der Waals surface area contributed by atoms with Crippen LogP contribution in [0.15, 0.2) is 0 Å². The van der Waals surface area contributed by atoms with Gasteiger partial charge in [0.15, 0.2) is 0 Å². The van der Waals surface area contributed by atoms with Gasteiger partial charge in [-0.2, -0.15) is 13.5 Å². The summed E-state index contributed by atoms with van der Waals surface area (Å²) in [7, 11) is 0. The van der Waals surface area contributed by atoms with Crippen LogP contribution in [0, 0.1) is 11.8 Å². The van der Waals surface area contributed by atoms with Crippen LogP contribution in [0.1, 0.15) is 46.0 Å². The monoisotopic (exact) mass is 160 g/mol. The highest BCUT2D eigenvalue weighted by Gasteiger charge is 2.15. The fourth-order valence-corrected chi connectivity index (χ4v) is 1.91. The first-order valence-electron chi connectivity index (χ1n) is 4.29. The topological polar surface area (TPSA) is 0 Å². The zero-order valence-electron chi connectivity index (χ0n) is 7.19. The zero-order chi connectivity index (χ0) is 6.69. The molecular weight excluding hydrogens is 140 g/mol. The van der Waals surface area contributed by atoms with Crippen molar-refractivity contribution in [3.05, 3.63) is 0 Å². The molecule has 1 rings (SSSR count). The highest BCUT2D eigenvalue weighted by molar-refractivity contribution is 7.59. The third-order valence-corrected chi connectivity index (χ3v) is 2.28. The summed E-state index contributed by atoms with van der Waals surface area (Å²) < 4.78 is 0. The molecule has 0 spiro atoms. The van der Waals surface area contributed by atoms with Crippen molar-refractivity contribution < 1.29 is 0 Å². The van der Waals surface area contributed by atoms with Crippen molar-refractivity contribution in [3.63, 3.8) is 0 Å². The summed E-state index contributed by atoms with van der Waals surface area (Å²) in [4.78, 5) is 0. The van der Waals surface area contributed by atoms with Crippen LogP contribution < -0.4 is 0 Å². The van der Waals surface area contributed by atoms with Crippen molar-refractivity contribution in [1.29, 1.82) is 0 Å². The van der Waals surface area contributed by atoms with E-state index in [9.17, 15) is 0 Å². The Morgan fingerprint density at radius 1 is 1.20 bits per heavy atom. The number of rotatable bonds is 2. The molecule has 0 N–H and O–H groups in total. The molecule has 0 nitrogen and oxygen atoms in total. The molecule has 0 aromatic rings. The van der Waals surface area contributed by atoms with E-state index >= 15 is 0 Å². The van der Waals surface area contributed by atoms with Crippen LogP contribution in [0.3, 0.4) is 0 Å². The van der Waals surface area contributed by atoms with E-state index < -0.39 is 0 Å². The number of hydrogen-bond donors (Lipinski definition) is 0. The summed E-state index contributed by atoms with van der Waals surface area (Å²) in [6.45, 7) is 4.66. The van der Waals surface area contributed by atoms with E-state index in [1.54, 1.807) is 0 Å². The molecule has 0 saturated heterocycles. The van der Waals surface area contributed by atoms with Crippen LogP contribution in [-0.2, 0) is 0 Å². The Balaban J connectivity index is 0.000000810. The Bertz CT molecular complexity index is 72.8. The molecule has 62 valence electrons. The molecular formula is C9H20S. The van der Waals surface area contributed by atoms with E-state index in [2.05, 4.69) is 13.8 Å². The Morgan fingerprint density at radius 2 is 1.70 bits per heavy atom. The van der Waals surface area contributed by atoms with Crippen molar-refractivity contribution in [3.8, 4) is 0 Å². The molecule has 0 aromatic carbocycles. The summed E-state index contributed by atoms with van der Waals surface area (Å²) in [6.07, 6.45) is 7.49. The van der Waals surface area contributed by atoms with Crippen LogP contribution in [-0.4, -0.2) is 0 Å². The van der Waals surface area contributed by atoms with E-state index in [-0.39, 0.29) is 13.5 Å². The van der Waals surface area contributed by atoms with Crippen molar-refractivity contribution in [2.24, 2.45) is 11.8 Å². The summed E-state index contributed by atoms with van der Waals surface area (Å²) in [5.74, 6) is 2.01. The van der Waals surface area contributed by atoms with Gasteiger partial charge in [0.05, 0.1) is 0 Å². The number of hydrogen-bond acceptors (Lipinski definition) is 0. The minimum Gasteiger partial charge on any atom is -0.197 e. The van der Waals surface area contributed by atoms with Crippen molar-refractivity contribution in [1.82, 2.24) is 0 Å². The normalized spacial score (nSPS) is 19.5. The second-order valence-corrected chi connectivity index (χ2v) is 3.78. The Morgan fingerprint density at radius 3 is 2.10 bits per heavy atom.